The van der Waals surface area contributed by atoms with E-state index >= 15 is 0 Å². The average molecular weight is 498 g/mol. The predicted octanol–water partition coefficient (Wildman–Crippen LogP) is 5.98. The SMILES string of the molecule is CCCCCCCCCCC(O)CN(CCN1CCNCC1)CC(O)CCCCCCCCCC. The summed E-state index contributed by atoms with van der Waals surface area (Å²) in [4.78, 5) is 4.85. The lowest BCUT2D eigenvalue weighted by atomic mass is 10.0. The molecule has 0 aromatic rings. The highest BCUT2D eigenvalue weighted by molar-refractivity contribution is 4.74. The number of aliphatic hydroxyl groups is 2. The van der Waals surface area contributed by atoms with Gasteiger partial charge in [-0.15, -0.1) is 0 Å². The molecule has 210 valence electrons. The van der Waals surface area contributed by atoms with Crippen LogP contribution in [0.4, 0.5) is 0 Å². The molecule has 0 amide bonds. The van der Waals surface area contributed by atoms with Gasteiger partial charge < -0.3 is 15.5 Å². The van der Waals surface area contributed by atoms with Crippen LogP contribution in [0.25, 0.3) is 0 Å². The Labute approximate surface area is 219 Å². The molecule has 0 saturated carbocycles. The van der Waals surface area contributed by atoms with Crippen molar-refractivity contribution in [2.24, 2.45) is 0 Å². The maximum Gasteiger partial charge on any atom is 0.0667 e. The van der Waals surface area contributed by atoms with Crippen LogP contribution in [-0.2, 0) is 0 Å². The molecule has 0 aromatic heterocycles. The van der Waals surface area contributed by atoms with Crippen LogP contribution < -0.4 is 5.32 Å². The third-order valence-electron chi connectivity index (χ3n) is 7.66. The molecule has 1 rings (SSSR count). The zero-order chi connectivity index (χ0) is 25.4. The summed E-state index contributed by atoms with van der Waals surface area (Å²) in [7, 11) is 0. The number of hydrogen-bond donors (Lipinski definition) is 3. The van der Waals surface area contributed by atoms with Crippen molar-refractivity contribution in [2.45, 2.75) is 142 Å². The van der Waals surface area contributed by atoms with Crippen LogP contribution in [0.15, 0.2) is 0 Å². The van der Waals surface area contributed by atoms with Crippen molar-refractivity contribution < 1.29 is 10.2 Å². The first-order valence-electron chi connectivity index (χ1n) is 15.7. The third-order valence-corrected chi connectivity index (χ3v) is 7.66. The van der Waals surface area contributed by atoms with E-state index in [-0.39, 0.29) is 12.2 Å². The molecule has 1 heterocycles. The predicted molar refractivity (Wildman–Crippen MR) is 152 cm³/mol. The van der Waals surface area contributed by atoms with Crippen molar-refractivity contribution in [3.63, 3.8) is 0 Å². The van der Waals surface area contributed by atoms with E-state index in [4.69, 9.17) is 0 Å². The van der Waals surface area contributed by atoms with Gasteiger partial charge in [-0.25, -0.2) is 0 Å². The van der Waals surface area contributed by atoms with E-state index < -0.39 is 0 Å². The van der Waals surface area contributed by atoms with Crippen molar-refractivity contribution in [3.05, 3.63) is 0 Å². The Kier molecular flexibility index (Phi) is 22.7. The van der Waals surface area contributed by atoms with Crippen LogP contribution in [0.1, 0.15) is 129 Å². The maximum atomic E-state index is 10.7. The largest absolute Gasteiger partial charge is 0.392 e. The summed E-state index contributed by atoms with van der Waals surface area (Å²) in [6.07, 6.45) is 22.1. The van der Waals surface area contributed by atoms with Gasteiger partial charge in [0, 0.05) is 52.4 Å². The summed E-state index contributed by atoms with van der Waals surface area (Å²) in [5, 5.41) is 24.9. The third kappa shape index (κ3) is 20.5. The van der Waals surface area contributed by atoms with E-state index in [1.54, 1.807) is 0 Å². The maximum absolute atomic E-state index is 10.7. The highest BCUT2D eigenvalue weighted by Gasteiger charge is 2.18. The Morgan fingerprint density at radius 2 is 1.03 bits per heavy atom. The fraction of sp³-hybridized carbons (Fsp3) is 1.00. The minimum absolute atomic E-state index is 0.270. The van der Waals surface area contributed by atoms with E-state index in [9.17, 15) is 10.2 Å². The van der Waals surface area contributed by atoms with Gasteiger partial charge in [0.2, 0.25) is 0 Å². The Morgan fingerprint density at radius 1 is 0.629 bits per heavy atom. The summed E-state index contributed by atoms with van der Waals surface area (Å²) < 4.78 is 0. The van der Waals surface area contributed by atoms with Gasteiger partial charge in [0.05, 0.1) is 12.2 Å². The van der Waals surface area contributed by atoms with E-state index in [1.165, 1.54) is 89.9 Å². The summed E-state index contributed by atoms with van der Waals surface area (Å²) in [5.74, 6) is 0. The Balaban J connectivity index is 2.26. The van der Waals surface area contributed by atoms with Crippen molar-refractivity contribution in [1.82, 2.24) is 15.1 Å². The van der Waals surface area contributed by atoms with Gasteiger partial charge in [-0.2, -0.15) is 0 Å². The van der Waals surface area contributed by atoms with Crippen LogP contribution in [0.2, 0.25) is 0 Å². The van der Waals surface area contributed by atoms with E-state index in [1.807, 2.05) is 0 Å². The standard InChI is InChI=1S/C30H63N3O2/c1-3-5-7-9-11-13-15-17-19-29(34)27-33(26-25-32-23-21-31-22-24-32)28-30(35)20-18-16-14-12-10-8-6-4-2/h29-31,34-35H,3-28H2,1-2H3. The number of piperazine rings is 1. The first-order chi connectivity index (χ1) is 17.2. The zero-order valence-corrected chi connectivity index (χ0v) is 23.8. The second-order valence-electron chi connectivity index (χ2n) is 11.2. The van der Waals surface area contributed by atoms with Gasteiger partial charge in [-0.05, 0) is 12.8 Å². The molecule has 1 saturated heterocycles. The lowest BCUT2D eigenvalue weighted by Gasteiger charge is -2.32. The van der Waals surface area contributed by atoms with Gasteiger partial charge in [0.25, 0.3) is 0 Å². The van der Waals surface area contributed by atoms with Crippen molar-refractivity contribution in [2.75, 3.05) is 52.4 Å². The molecule has 5 heteroatoms. The molecule has 1 fully saturated rings. The second-order valence-corrected chi connectivity index (χ2v) is 11.2. The second kappa shape index (κ2) is 24.2. The highest BCUT2D eigenvalue weighted by atomic mass is 16.3. The Hall–Kier alpha value is -0.200. The number of nitrogens with zero attached hydrogens (tertiary/aromatic N) is 2. The summed E-state index contributed by atoms with van der Waals surface area (Å²) in [6, 6.07) is 0. The Bertz CT molecular complexity index is 404. The average Bonchev–Trinajstić information content (AvgIpc) is 2.86. The molecule has 0 aromatic carbocycles. The number of aliphatic hydroxyl groups excluding tert-OH is 2. The number of nitrogens with one attached hydrogen (secondary N) is 1. The smallest absolute Gasteiger partial charge is 0.0667 e. The Morgan fingerprint density at radius 3 is 1.46 bits per heavy atom. The molecule has 0 bridgehead atoms. The van der Waals surface area contributed by atoms with Gasteiger partial charge in [0.15, 0.2) is 0 Å². The van der Waals surface area contributed by atoms with Crippen molar-refractivity contribution in [3.8, 4) is 0 Å². The van der Waals surface area contributed by atoms with Crippen LogP contribution in [0, 0.1) is 0 Å². The molecular weight excluding hydrogens is 434 g/mol. The topological polar surface area (TPSA) is 59.0 Å². The number of unbranched alkanes of at least 4 members (excludes halogenated alkanes) is 14. The molecule has 35 heavy (non-hydrogen) atoms. The summed E-state index contributed by atoms with van der Waals surface area (Å²) in [5.41, 5.74) is 0. The summed E-state index contributed by atoms with van der Waals surface area (Å²) in [6.45, 7) is 12.3. The highest BCUT2D eigenvalue weighted by Crippen LogP contribution is 2.13. The molecule has 5 nitrogen and oxygen atoms in total. The number of hydrogen-bond acceptors (Lipinski definition) is 5. The van der Waals surface area contributed by atoms with Gasteiger partial charge in [-0.3, -0.25) is 9.80 Å². The fourth-order valence-electron chi connectivity index (χ4n) is 5.28. The summed E-state index contributed by atoms with van der Waals surface area (Å²) >= 11 is 0. The van der Waals surface area contributed by atoms with Crippen LogP contribution in [0.5, 0.6) is 0 Å². The lowest BCUT2D eigenvalue weighted by molar-refractivity contribution is 0.0541. The molecule has 0 aliphatic carbocycles. The van der Waals surface area contributed by atoms with E-state index in [0.29, 0.717) is 13.1 Å². The molecule has 1 aliphatic heterocycles. The van der Waals surface area contributed by atoms with Crippen molar-refractivity contribution in [1.29, 1.82) is 0 Å². The molecule has 0 spiro atoms. The van der Waals surface area contributed by atoms with Crippen molar-refractivity contribution >= 4 is 0 Å². The van der Waals surface area contributed by atoms with E-state index in [2.05, 4.69) is 29.0 Å². The molecule has 0 radical (unpaired) electrons. The zero-order valence-electron chi connectivity index (χ0n) is 23.8. The molecular formula is C30H63N3O2. The number of rotatable bonds is 25. The normalized spacial score (nSPS) is 16.7. The van der Waals surface area contributed by atoms with Crippen LogP contribution in [0.3, 0.4) is 0 Å². The van der Waals surface area contributed by atoms with Gasteiger partial charge >= 0.3 is 0 Å². The molecule has 2 atom stereocenters. The van der Waals surface area contributed by atoms with Gasteiger partial charge in [0.1, 0.15) is 0 Å². The van der Waals surface area contributed by atoms with Crippen LogP contribution in [-0.4, -0.2) is 84.6 Å². The minimum Gasteiger partial charge on any atom is -0.392 e. The molecule has 2 unspecified atom stereocenters. The monoisotopic (exact) mass is 497 g/mol. The van der Waals surface area contributed by atoms with Gasteiger partial charge in [-0.1, -0.05) is 117 Å². The molecule has 1 aliphatic rings. The first kappa shape index (κ1) is 32.8. The first-order valence-corrected chi connectivity index (χ1v) is 15.7. The fourth-order valence-corrected chi connectivity index (χ4v) is 5.28. The quantitative estimate of drug-likeness (QED) is 0.136. The van der Waals surface area contributed by atoms with E-state index in [0.717, 1.165) is 65.0 Å². The lowest BCUT2D eigenvalue weighted by Crippen LogP contribution is -2.48. The molecule has 3 N–H and O–H groups in total. The minimum atomic E-state index is -0.270. The van der Waals surface area contributed by atoms with Crippen LogP contribution >= 0.6 is 0 Å².